The monoisotopic (exact) mass is 343 g/mol. The van der Waals surface area contributed by atoms with Gasteiger partial charge >= 0.3 is 0 Å². The van der Waals surface area contributed by atoms with Gasteiger partial charge in [-0.05, 0) is 43.9 Å². The van der Waals surface area contributed by atoms with Crippen LogP contribution in [0, 0.1) is 12.3 Å². The molecule has 3 rings (SSSR count). The first-order chi connectivity index (χ1) is 12.1. The van der Waals surface area contributed by atoms with Crippen LogP contribution in [-0.2, 0) is 9.59 Å². The second-order valence-electron chi connectivity index (χ2n) is 7.31. The van der Waals surface area contributed by atoms with Crippen LogP contribution in [0.1, 0.15) is 38.2 Å². The molecule has 136 valence electrons. The number of carbonyl (C=O) groups excluding carboxylic acids is 2. The molecule has 2 fully saturated rings. The lowest BCUT2D eigenvalue weighted by molar-refractivity contribution is -0.144. The van der Waals surface area contributed by atoms with Crippen LogP contribution in [0.2, 0.25) is 0 Å². The number of unbranched alkanes of at least 4 members (excludes halogenated alkanes) is 1. The second kappa shape index (κ2) is 7.46. The van der Waals surface area contributed by atoms with Crippen LogP contribution >= 0.6 is 0 Å². The van der Waals surface area contributed by atoms with Gasteiger partial charge < -0.3 is 15.1 Å². The topological polar surface area (TPSA) is 52.7 Å². The number of nitrogens with one attached hydrogen (secondary N) is 1. The van der Waals surface area contributed by atoms with Crippen molar-refractivity contribution < 1.29 is 9.59 Å². The molecule has 0 aromatic heterocycles. The van der Waals surface area contributed by atoms with Crippen molar-refractivity contribution in [1.29, 1.82) is 0 Å². The first kappa shape index (κ1) is 17.8. The minimum atomic E-state index is -0.765. The molecule has 1 aliphatic carbocycles. The van der Waals surface area contributed by atoms with Crippen LogP contribution in [0.5, 0.6) is 0 Å². The van der Waals surface area contributed by atoms with E-state index in [2.05, 4.69) is 48.3 Å². The minimum Gasteiger partial charge on any atom is -0.368 e. The fourth-order valence-electron chi connectivity index (χ4n) is 3.51. The molecule has 0 spiro atoms. The van der Waals surface area contributed by atoms with Crippen molar-refractivity contribution in [3.63, 3.8) is 0 Å². The lowest BCUT2D eigenvalue weighted by Crippen LogP contribution is -2.53. The van der Waals surface area contributed by atoms with Crippen LogP contribution in [0.4, 0.5) is 5.69 Å². The summed E-state index contributed by atoms with van der Waals surface area (Å²) in [6.07, 6.45) is 3.40. The number of anilines is 1. The number of aryl methyl sites for hydroxylation is 1. The van der Waals surface area contributed by atoms with E-state index in [9.17, 15) is 9.59 Å². The Morgan fingerprint density at radius 1 is 1.16 bits per heavy atom. The van der Waals surface area contributed by atoms with Crippen molar-refractivity contribution >= 4 is 17.5 Å². The summed E-state index contributed by atoms with van der Waals surface area (Å²) >= 11 is 0. The maximum atomic E-state index is 12.9. The zero-order chi connectivity index (χ0) is 17.9. The molecule has 1 saturated carbocycles. The molecular formula is C20H29N3O2. The summed E-state index contributed by atoms with van der Waals surface area (Å²) in [4.78, 5) is 29.5. The molecule has 0 bridgehead atoms. The van der Waals surface area contributed by atoms with E-state index in [1.807, 2.05) is 4.90 Å². The summed E-state index contributed by atoms with van der Waals surface area (Å²) < 4.78 is 0. The van der Waals surface area contributed by atoms with Gasteiger partial charge in [0.05, 0.1) is 0 Å². The molecule has 2 aliphatic rings. The molecule has 5 heteroatoms. The van der Waals surface area contributed by atoms with Gasteiger partial charge in [0.15, 0.2) is 0 Å². The van der Waals surface area contributed by atoms with Crippen molar-refractivity contribution in [2.75, 3.05) is 37.6 Å². The van der Waals surface area contributed by atoms with E-state index in [1.165, 1.54) is 11.3 Å². The Hall–Kier alpha value is -2.04. The first-order valence-corrected chi connectivity index (χ1v) is 9.46. The third kappa shape index (κ3) is 3.80. The van der Waals surface area contributed by atoms with Gasteiger partial charge in [0.25, 0.3) is 0 Å². The third-order valence-electron chi connectivity index (χ3n) is 5.34. The Morgan fingerprint density at radius 2 is 1.88 bits per heavy atom. The van der Waals surface area contributed by atoms with Gasteiger partial charge in [0, 0.05) is 38.4 Å². The summed E-state index contributed by atoms with van der Waals surface area (Å²) in [7, 11) is 0. The van der Waals surface area contributed by atoms with E-state index < -0.39 is 5.41 Å². The Morgan fingerprint density at radius 3 is 2.48 bits per heavy atom. The summed E-state index contributed by atoms with van der Waals surface area (Å²) in [5.41, 5.74) is 1.70. The van der Waals surface area contributed by atoms with E-state index >= 15 is 0 Å². The number of rotatable bonds is 6. The summed E-state index contributed by atoms with van der Waals surface area (Å²) in [6, 6.07) is 8.47. The van der Waals surface area contributed by atoms with E-state index in [0.717, 1.165) is 25.9 Å². The highest BCUT2D eigenvalue weighted by Crippen LogP contribution is 2.47. The number of hydrogen-bond acceptors (Lipinski definition) is 3. The first-order valence-electron chi connectivity index (χ1n) is 9.46. The van der Waals surface area contributed by atoms with Crippen LogP contribution in [-0.4, -0.2) is 49.4 Å². The fraction of sp³-hybridized carbons (Fsp3) is 0.600. The minimum absolute atomic E-state index is 0.0328. The molecule has 0 unspecified atom stereocenters. The standard InChI is InChI=1S/C20H29N3O2/c1-3-4-10-21-18(24)20(8-9-20)19(25)23-13-11-22(12-14-23)17-7-5-6-16(2)15-17/h5-7,15H,3-4,8-14H2,1-2H3,(H,21,24). The lowest BCUT2D eigenvalue weighted by Gasteiger charge is -2.37. The van der Waals surface area contributed by atoms with Crippen molar-refractivity contribution in [3.05, 3.63) is 29.8 Å². The van der Waals surface area contributed by atoms with Gasteiger partial charge in [0.2, 0.25) is 11.8 Å². The molecule has 5 nitrogen and oxygen atoms in total. The van der Waals surface area contributed by atoms with Gasteiger partial charge in [0.1, 0.15) is 5.41 Å². The maximum Gasteiger partial charge on any atom is 0.238 e. The van der Waals surface area contributed by atoms with E-state index in [0.29, 0.717) is 32.5 Å². The molecule has 0 radical (unpaired) electrons. The van der Waals surface area contributed by atoms with E-state index in [4.69, 9.17) is 0 Å². The SMILES string of the molecule is CCCCNC(=O)C1(C(=O)N2CCN(c3cccc(C)c3)CC2)CC1. The molecule has 1 N–H and O–H groups in total. The van der Waals surface area contributed by atoms with Crippen LogP contribution in [0.15, 0.2) is 24.3 Å². The molecular weight excluding hydrogens is 314 g/mol. The number of carbonyl (C=O) groups is 2. The Labute approximate surface area is 150 Å². The Balaban J connectivity index is 1.55. The maximum absolute atomic E-state index is 12.9. The number of nitrogens with zero attached hydrogens (tertiary/aromatic N) is 2. The average Bonchev–Trinajstić information content (AvgIpc) is 3.43. The Bertz CT molecular complexity index is 632. The smallest absolute Gasteiger partial charge is 0.238 e. The van der Waals surface area contributed by atoms with Gasteiger partial charge in [-0.1, -0.05) is 25.5 Å². The van der Waals surface area contributed by atoms with Crippen LogP contribution in [0.25, 0.3) is 0 Å². The van der Waals surface area contributed by atoms with Crippen molar-refractivity contribution in [2.24, 2.45) is 5.41 Å². The highest BCUT2D eigenvalue weighted by Gasteiger charge is 2.57. The van der Waals surface area contributed by atoms with Crippen LogP contribution in [0.3, 0.4) is 0 Å². The second-order valence-corrected chi connectivity index (χ2v) is 7.31. The Kier molecular flexibility index (Phi) is 5.30. The fourth-order valence-corrected chi connectivity index (χ4v) is 3.51. The number of amides is 2. The van der Waals surface area contributed by atoms with Gasteiger partial charge in [-0.25, -0.2) is 0 Å². The summed E-state index contributed by atoms with van der Waals surface area (Å²) in [6.45, 7) is 7.89. The number of piperazine rings is 1. The largest absolute Gasteiger partial charge is 0.368 e. The number of benzene rings is 1. The highest BCUT2D eigenvalue weighted by molar-refractivity contribution is 6.07. The lowest BCUT2D eigenvalue weighted by atomic mass is 10.0. The molecule has 0 atom stereocenters. The van der Waals surface area contributed by atoms with Gasteiger partial charge in [-0.3, -0.25) is 9.59 Å². The predicted molar refractivity (Wildman–Crippen MR) is 99.6 cm³/mol. The normalized spacial score (nSPS) is 18.8. The van der Waals surface area contributed by atoms with Crippen LogP contribution < -0.4 is 10.2 Å². The number of hydrogen-bond donors (Lipinski definition) is 1. The van der Waals surface area contributed by atoms with Gasteiger partial charge in [-0.15, -0.1) is 0 Å². The van der Waals surface area contributed by atoms with Gasteiger partial charge in [-0.2, -0.15) is 0 Å². The van der Waals surface area contributed by atoms with Crippen molar-refractivity contribution in [2.45, 2.75) is 39.5 Å². The highest BCUT2D eigenvalue weighted by atomic mass is 16.2. The molecule has 1 saturated heterocycles. The zero-order valence-corrected chi connectivity index (χ0v) is 15.4. The third-order valence-corrected chi connectivity index (χ3v) is 5.34. The molecule has 1 aliphatic heterocycles. The summed E-state index contributed by atoms with van der Waals surface area (Å²) in [5, 5.41) is 2.95. The van der Waals surface area contributed by atoms with E-state index in [1.54, 1.807) is 0 Å². The molecule has 25 heavy (non-hydrogen) atoms. The molecule has 2 amide bonds. The summed E-state index contributed by atoms with van der Waals surface area (Å²) in [5.74, 6) is -0.0301. The van der Waals surface area contributed by atoms with Crippen molar-refractivity contribution in [3.8, 4) is 0 Å². The molecule has 1 heterocycles. The van der Waals surface area contributed by atoms with E-state index in [-0.39, 0.29) is 11.8 Å². The predicted octanol–water partition coefficient (Wildman–Crippen LogP) is 2.34. The quantitative estimate of drug-likeness (QED) is 0.637. The molecule has 1 aromatic rings. The average molecular weight is 343 g/mol. The van der Waals surface area contributed by atoms with Crippen molar-refractivity contribution in [1.82, 2.24) is 10.2 Å². The zero-order valence-electron chi connectivity index (χ0n) is 15.4. The molecule has 1 aromatic carbocycles.